The highest BCUT2D eigenvalue weighted by Gasteiger charge is 2.13. The maximum absolute atomic E-state index is 10.4. The van der Waals surface area contributed by atoms with E-state index in [1.54, 1.807) is 11.6 Å². The molecule has 2 heteroatoms. The van der Waals surface area contributed by atoms with Crippen molar-refractivity contribution in [3.63, 3.8) is 0 Å². The first kappa shape index (κ1) is 41.6. The molecule has 2 nitrogen and oxygen atoms in total. The predicted octanol–water partition coefficient (Wildman–Crippen LogP) is 14.1. The summed E-state index contributed by atoms with van der Waals surface area (Å²) in [5.41, 5.74) is 4.06. The Morgan fingerprint density at radius 2 is 1.00 bits per heavy atom. The number of hydrogen-bond acceptors (Lipinski definition) is 2. The van der Waals surface area contributed by atoms with Crippen LogP contribution < -0.4 is 0 Å². The summed E-state index contributed by atoms with van der Waals surface area (Å²) in [7, 11) is 0. The van der Waals surface area contributed by atoms with Gasteiger partial charge in [0.05, 0.1) is 0 Å². The molecule has 0 aliphatic rings. The second-order valence-electron chi connectivity index (χ2n) is 16.4. The SMILES string of the molecule is C/C(=C\CCC(C)CCCC(C)CCc1cc(O)c(C)c(C)c1O)CCCC(C)CCCC(C)CCCC(C)CCCC(C)C. The lowest BCUT2D eigenvalue weighted by molar-refractivity contribution is 0.372. The molecular formula is C43H78O2. The summed E-state index contributed by atoms with van der Waals surface area (Å²) in [6.07, 6.45) is 27.5. The van der Waals surface area contributed by atoms with E-state index in [0.717, 1.165) is 59.1 Å². The van der Waals surface area contributed by atoms with Crippen molar-refractivity contribution in [3.05, 3.63) is 34.4 Å². The van der Waals surface area contributed by atoms with Crippen LogP contribution in [-0.2, 0) is 6.42 Å². The van der Waals surface area contributed by atoms with E-state index in [9.17, 15) is 10.2 Å². The minimum Gasteiger partial charge on any atom is -0.508 e. The Morgan fingerprint density at radius 3 is 1.49 bits per heavy atom. The lowest BCUT2D eigenvalue weighted by Gasteiger charge is -2.16. The molecule has 0 aliphatic heterocycles. The molecule has 1 rings (SSSR count). The molecule has 0 saturated heterocycles. The van der Waals surface area contributed by atoms with Gasteiger partial charge in [0, 0.05) is 0 Å². The van der Waals surface area contributed by atoms with E-state index in [0.29, 0.717) is 17.4 Å². The topological polar surface area (TPSA) is 40.5 Å². The van der Waals surface area contributed by atoms with Crippen LogP contribution in [0.15, 0.2) is 17.7 Å². The molecule has 0 heterocycles. The van der Waals surface area contributed by atoms with Gasteiger partial charge in [-0.3, -0.25) is 0 Å². The molecule has 0 aliphatic carbocycles. The van der Waals surface area contributed by atoms with Gasteiger partial charge < -0.3 is 10.2 Å². The maximum atomic E-state index is 10.4. The zero-order chi connectivity index (χ0) is 33.8. The molecule has 5 atom stereocenters. The minimum atomic E-state index is 0.301. The maximum Gasteiger partial charge on any atom is 0.122 e. The molecule has 2 N–H and O–H groups in total. The van der Waals surface area contributed by atoms with Gasteiger partial charge in [0.25, 0.3) is 0 Å². The smallest absolute Gasteiger partial charge is 0.122 e. The van der Waals surface area contributed by atoms with Gasteiger partial charge in [-0.2, -0.15) is 0 Å². The molecule has 1 aromatic rings. The summed E-state index contributed by atoms with van der Waals surface area (Å²) in [5, 5.41) is 20.6. The summed E-state index contributed by atoms with van der Waals surface area (Å²) in [5.74, 6) is 5.62. The summed E-state index contributed by atoms with van der Waals surface area (Å²) in [4.78, 5) is 0. The van der Waals surface area contributed by atoms with Crippen molar-refractivity contribution in [2.45, 2.75) is 191 Å². The molecule has 262 valence electrons. The molecular weight excluding hydrogens is 548 g/mol. The molecule has 0 amide bonds. The van der Waals surface area contributed by atoms with Crippen LogP contribution in [0.2, 0.25) is 0 Å². The fourth-order valence-electron chi connectivity index (χ4n) is 7.03. The molecule has 0 spiro atoms. The number of phenols is 2. The van der Waals surface area contributed by atoms with Crippen LogP contribution in [0, 0.1) is 49.4 Å². The molecule has 0 aromatic heterocycles. The van der Waals surface area contributed by atoms with E-state index in [2.05, 4.69) is 61.5 Å². The van der Waals surface area contributed by atoms with Crippen molar-refractivity contribution in [1.29, 1.82) is 0 Å². The van der Waals surface area contributed by atoms with Crippen molar-refractivity contribution in [1.82, 2.24) is 0 Å². The van der Waals surface area contributed by atoms with Crippen LogP contribution in [0.5, 0.6) is 11.5 Å². The van der Waals surface area contributed by atoms with Crippen LogP contribution in [-0.4, -0.2) is 10.2 Å². The van der Waals surface area contributed by atoms with Crippen molar-refractivity contribution in [3.8, 4) is 11.5 Å². The Bertz CT molecular complexity index is 928. The number of aryl methyl sites for hydroxylation is 1. The van der Waals surface area contributed by atoms with E-state index in [1.807, 2.05) is 13.8 Å². The second-order valence-corrected chi connectivity index (χ2v) is 16.4. The zero-order valence-corrected chi connectivity index (χ0v) is 31.9. The molecule has 45 heavy (non-hydrogen) atoms. The van der Waals surface area contributed by atoms with Crippen LogP contribution >= 0.6 is 0 Å². The van der Waals surface area contributed by atoms with Crippen LogP contribution in [0.4, 0.5) is 0 Å². The van der Waals surface area contributed by atoms with Gasteiger partial charge in [-0.05, 0) is 118 Å². The monoisotopic (exact) mass is 627 g/mol. The summed E-state index contributed by atoms with van der Waals surface area (Å²) in [6.45, 7) is 23.0. The number of hydrogen-bond donors (Lipinski definition) is 2. The second kappa shape index (κ2) is 23.8. The Balaban J connectivity index is 2.09. The molecule has 5 unspecified atom stereocenters. The number of rotatable bonds is 26. The fraction of sp³-hybridized carbons (Fsp3) is 0.814. The van der Waals surface area contributed by atoms with Gasteiger partial charge in [0.2, 0.25) is 0 Å². The van der Waals surface area contributed by atoms with Crippen LogP contribution in [0.25, 0.3) is 0 Å². The van der Waals surface area contributed by atoms with Crippen LogP contribution in [0.1, 0.15) is 188 Å². The Morgan fingerprint density at radius 1 is 0.578 bits per heavy atom. The first-order valence-electron chi connectivity index (χ1n) is 19.5. The van der Waals surface area contributed by atoms with Crippen molar-refractivity contribution < 1.29 is 10.2 Å². The van der Waals surface area contributed by atoms with E-state index < -0.39 is 0 Å². The van der Waals surface area contributed by atoms with Gasteiger partial charge in [0.15, 0.2) is 0 Å². The highest BCUT2D eigenvalue weighted by molar-refractivity contribution is 5.51. The van der Waals surface area contributed by atoms with E-state index in [-0.39, 0.29) is 0 Å². The first-order chi connectivity index (χ1) is 21.3. The average Bonchev–Trinajstić information content (AvgIpc) is 2.97. The molecule has 0 bridgehead atoms. The predicted molar refractivity (Wildman–Crippen MR) is 200 cm³/mol. The number of aromatic hydroxyl groups is 2. The highest BCUT2D eigenvalue weighted by Crippen LogP contribution is 2.33. The highest BCUT2D eigenvalue weighted by atomic mass is 16.3. The van der Waals surface area contributed by atoms with Crippen molar-refractivity contribution in [2.24, 2.45) is 35.5 Å². The quantitative estimate of drug-likeness (QED) is 0.0793. The van der Waals surface area contributed by atoms with Gasteiger partial charge in [-0.25, -0.2) is 0 Å². The number of allylic oxidation sites excluding steroid dienone is 2. The molecule has 0 radical (unpaired) electrons. The Hall–Kier alpha value is -1.44. The molecule has 0 fully saturated rings. The number of benzene rings is 1. The van der Waals surface area contributed by atoms with Crippen molar-refractivity contribution >= 4 is 0 Å². The normalized spacial score (nSPS) is 15.8. The fourth-order valence-corrected chi connectivity index (χ4v) is 7.03. The van der Waals surface area contributed by atoms with Gasteiger partial charge in [-0.15, -0.1) is 0 Å². The molecule has 0 saturated carbocycles. The summed E-state index contributed by atoms with van der Waals surface area (Å²) in [6, 6.07) is 1.75. The Kier molecular flexibility index (Phi) is 22.0. The summed E-state index contributed by atoms with van der Waals surface area (Å²) >= 11 is 0. The van der Waals surface area contributed by atoms with Gasteiger partial charge in [0.1, 0.15) is 11.5 Å². The van der Waals surface area contributed by atoms with E-state index in [1.165, 1.54) is 109 Å². The lowest BCUT2D eigenvalue weighted by atomic mass is 9.90. The van der Waals surface area contributed by atoms with Gasteiger partial charge >= 0.3 is 0 Å². The van der Waals surface area contributed by atoms with E-state index >= 15 is 0 Å². The van der Waals surface area contributed by atoms with E-state index in [4.69, 9.17) is 0 Å². The number of phenolic OH excluding ortho intramolecular Hbond substituents is 2. The lowest BCUT2D eigenvalue weighted by Crippen LogP contribution is -2.01. The Labute approximate surface area is 282 Å². The van der Waals surface area contributed by atoms with Gasteiger partial charge in [-0.1, -0.05) is 144 Å². The summed E-state index contributed by atoms with van der Waals surface area (Å²) < 4.78 is 0. The van der Waals surface area contributed by atoms with Crippen LogP contribution in [0.3, 0.4) is 0 Å². The third kappa shape index (κ3) is 19.7. The molecule has 1 aromatic carbocycles. The third-order valence-electron chi connectivity index (χ3n) is 10.9. The van der Waals surface area contributed by atoms with Crippen molar-refractivity contribution in [2.75, 3.05) is 0 Å². The standard InChI is InChI=1S/C43H78O2/c1-32(2)17-11-18-33(3)19-12-20-34(4)21-13-22-35(5)23-14-24-36(6)25-15-26-37(7)27-16-28-38(8)29-30-41-31-42(44)39(9)40(10)43(41)45/h25,31-35,37-38,44-45H,11-24,26-30H2,1-10H3/b36-25+. The first-order valence-corrected chi connectivity index (χ1v) is 19.5. The third-order valence-corrected chi connectivity index (χ3v) is 10.9. The largest absolute Gasteiger partial charge is 0.508 e. The average molecular weight is 627 g/mol. The zero-order valence-electron chi connectivity index (χ0n) is 31.9. The minimum absolute atomic E-state index is 0.301.